The van der Waals surface area contributed by atoms with Crippen molar-refractivity contribution in [3.63, 3.8) is 0 Å². The van der Waals surface area contributed by atoms with Gasteiger partial charge in [0.2, 0.25) is 5.91 Å². The Bertz CT molecular complexity index is 775. The average molecular weight is 339 g/mol. The second-order valence-corrected chi connectivity index (χ2v) is 5.95. The fraction of sp³-hybridized carbons (Fsp3) is 0.167. The Morgan fingerprint density at radius 1 is 1.12 bits per heavy atom. The van der Waals surface area contributed by atoms with Gasteiger partial charge in [-0.1, -0.05) is 18.2 Å². The van der Waals surface area contributed by atoms with Crippen molar-refractivity contribution in [1.29, 1.82) is 0 Å². The molecule has 1 N–H and O–H groups in total. The van der Waals surface area contributed by atoms with E-state index in [0.29, 0.717) is 24.6 Å². The van der Waals surface area contributed by atoms with Crippen LogP contribution in [0.25, 0.3) is 11.3 Å². The van der Waals surface area contributed by atoms with Crippen LogP contribution in [0.2, 0.25) is 0 Å². The summed E-state index contributed by atoms with van der Waals surface area (Å²) in [4.78, 5) is 20.4. The lowest BCUT2D eigenvalue weighted by molar-refractivity contribution is -0.116. The van der Waals surface area contributed by atoms with Gasteiger partial charge in [-0.05, 0) is 30.7 Å². The van der Waals surface area contributed by atoms with Crippen LogP contribution in [0, 0.1) is 0 Å². The van der Waals surface area contributed by atoms with E-state index in [9.17, 15) is 4.79 Å². The first-order chi connectivity index (χ1) is 11.8. The molecule has 0 aliphatic rings. The van der Waals surface area contributed by atoms with Gasteiger partial charge in [0.25, 0.3) is 0 Å². The quantitative estimate of drug-likeness (QED) is 0.661. The molecule has 6 heteroatoms. The molecule has 3 aromatic rings. The SMILES string of the molecule is O=C(CCCOc1ccccc1)Nc1nc(-c2ccncc2)cs1. The van der Waals surface area contributed by atoms with E-state index >= 15 is 0 Å². The molecule has 5 nitrogen and oxygen atoms in total. The van der Waals surface area contributed by atoms with Crippen LogP contribution in [0.5, 0.6) is 5.75 Å². The molecule has 0 radical (unpaired) electrons. The van der Waals surface area contributed by atoms with Crippen LogP contribution in [0.1, 0.15) is 12.8 Å². The third-order valence-corrected chi connectivity index (χ3v) is 4.04. The second-order valence-electron chi connectivity index (χ2n) is 5.09. The van der Waals surface area contributed by atoms with Gasteiger partial charge in [0.15, 0.2) is 5.13 Å². The molecule has 0 fully saturated rings. The Morgan fingerprint density at radius 3 is 2.71 bits per heavy atom. The Balaban J connectivity index is 1.43. The molecule has 0 saturated carbocycles. The van der Waals surface area contributed by atoms with Crippen molar-refractivity contribution < 1.29 is 9.53 Å². The third kappa shape index (κ3) is 4.63. The summed E-state index contributed by atoms with van der Waals surface area (Å²) in [6.07, 6.45) is 4.50. The molecule has 0 spiro atoms. The van der Waals surface area contributed by atoms with Crippen molar-refractivity contribution in [2.24, 2.45) is 0 Å². The number of hydrogen-bond acceptors (Lipinski definition) is 5. The highest BCUT2D eigenvalue weighted by Gasteiger charge is 2.08. The molecule has 3 rings (SSSR count). The maximum Gasteiger partial charge on any atom is 0.226 e. The van der Waals surface area contributed by atoms with Gasteiger partial charge in [0.1, 0.15) is 5.75 Å². The summed E-state index contributed by atoms with van der Waals surface area (Å²) in [5.41, 5.74) is 1.82. The second kappa shape index (κ2) is 8.21. The van der Waals surface area contributed by atoms with Crippen LogP contribution >= 0.6 is 11.3 Å². The van der Waals surface area contributed by atoms with Gasteiger partial charge in [0, 0.05) is 29.8 Å². The maximum atomic E-state index is 12.0. The molecule has 24 heavy (non-hydrogen) atoms. The number of nitrogens with one attached hydrogen (secondary N) is 1. The van der Waals surface area contributed by atoms with Crippen LogP contribution in [0.4, 0.5) is 5.13 Å². The number of amides is 1. The predicted octanol–water partition coefficient (Wildman–Crippen LogP) is 4.00. The summed E-state index contributed by atoms with van der Waals surface area (Å²) < 4.78 is 5.57. The van der Waals surface area contributed by atoms with E-state index in [1.807, 2.05) is 47.8 Å². The lowest BCUT2D eigenvalue weighted by atomic mass is 10.2. The van der Waals surface area contributed by atoms with Crippen molar-refractivity contribution in [2.45, 2.75) is 12.8 Å². The molecule has 0 aliphatic heterocycles. The Labute approximate surface area is 144 Å². The summed E-state index contributed by atoms with van der Waals surface area (Å²) in [5, 5.41) is 5.36. The molecule has 2 heterocycles. The number of pyridine rings is 1. The molecule has 122 valence electrons. The van der Waals surface area contributed by atoms with Gasteiger partial charge in [-0.2, -0.15) is 0 Å². The number of anilines is 1. The van der Waals surface area contributed by atoms with Crippen molar-refractivity contribution >= 4 is 22.4 Å². The molecule has 0 unspecified atom stereocenters. The minimum atomic E-state index is -0.0534. The van der Waals surface area contributed by atoms with Crippen LogP contribution in [-0.4, -0.2) is 22.5 Å². The van der Waals surface area contributed by atoms with E-state index in [2.05, 4.69) is 15.3 Å². The van der Waals surface area contributed by atoms with Gasteiger partial charge < -0.3 is 10.1 Å². The van der Waals surface area contributed by atoms with Crippen molar-refractivity contribution in [3.8, 4) is 17.0 Å². The minimum absolute atomic E-state index is 0.0534. The number of ether oxygens (including phenoxy) is 1. The number of carbonyl (C=O) groups excluding carboxylic acids is 1. The number of thiazole rings is 1. The molecule has 1 aromatic carbocycles. The Morgan fingerprint density at radius 2 is 1.92 bits per heavy atom. The van der Waals surface area contributed by atoms with Crippen LogP contribution < -0.4 is 10.1 Å². The number of para-hydroxylation sites is 1. The number of aromatic nitrogens is 2. The van der Waals surface area contributed by atoms with E-state index in [0.717, 1.165) is 17.0 Å². The zero-order valence-electron chi connectivity index (χ0n) is 13.0. The van der Waals surface area contributed by atoms with Gasteiger partial charge in [-0.3, -0.25) is 9.78 Å². The molecule has 0 saturated heterocycles. The molecule has 0 aliphatic carbocycles. The fourth-order valence-corrected chi connectivity index (χ4v) is 2.84. The monoisotopic (exact) mass is 339 g/mol. The van der Waals surface area contributed by atoms with E-state index in [4.69, 9.17) is 4.74 Å². The van der Waals surface area contributed by atoms with E-state index in [1.54, 1.807) is 12.4 Å². The molecular weight excluding hydrogens is 322 g/mol. The Hall–Kier alpha value is -2.73. The number of nitrogens with zero attached hydrogens (tertiary/aromatic N) is 2. The zero-order valence-corrected chi connectivity index (χ0v) is 13.8. The predicted molar refractivity (Wildman–Crippen MR) is 95.1 cm³/mol. The van der Waals surface area contributed by atoms with Crippen LogP contribution in [0.3, 0.4) is 0 Å². The van der Waals surface area contributed by atoms with E-state index in [1.165, 1.54) is 11.3 Å². The lowest BCUT2D eigenvalue weighted by Gasteiger charge is -2.05. The average Bonchev–Trinajstić information content (AvgIpc) is 3.09. The molecule has 2 aromatic heterocycles. The van der Waals surface area contributed by atoms with Crippen LogP contribution in [0.15, 0.2) is 60.2 Å². The normalized spacial score (nSPS) is 10.3. The highest BCUT2D eigenvalue weighted by atomic mass is 32.1. The smallest absolute Gasteiger partial charge is 0.226 e. The molecular formula is C18H17N3O2S. The first-order valence-electron chi connectivity index (χ1n) is 7.65. The minimum Gasteiger partial charge on any atom is -0.494 e. The molecule has 1 amide bonds. The standard InChI is InChI=1S/C18H17N3O2S/c22-17(7-4-12-23-15-5-2-1-3-6-15)21-18-20-16(13-24-18)14-8-10-19-11-9-14/h1-3,5-6,8-11,13H,4,7,12H2,(H,20,21,22). The number of hydrogen-bond donors (Lipinski definition) is 1. The first-order valence-corrected chi connectivity index (χ1v) is 8.53. The molecule has 0 atom stereocenters. The summed E-state index contributed by atoms with van der Waals surface area (Å²) >= 11 is 1.41. The summed E-state index contributed by atoms with van der Waals surface area (Å²) in [6, 6.07) is 13.4. The Kier molecular flexibility index (Phi) is 5.52. The lowest BCUT2D eigenvalue weighted by Crippen LogP contribution is -2.12. The number of rotatable bonds is 7. The fourth-order valence-electron chi connectivity index (χ4n) is 2.11. The number of carbonyl (C=O) groups is 1. The van der Waals surface area contributed by atoms with Gasteiger partial charge in [-0.15, -0.1) is 11.3 Å². The highest BCUT2D eigenvalue weighted by molar-refractivity contribution is 7.14. The number of benzene rings is 1. The topological polar surface area (TPSA) is 64.1 Å². The molecule has 0 bridgehead atoms. The van der Waals surface area contributed by atoms with Gasteiger partial charge in [-0.25, -0.2) is 4.98 Å². The van der Waals surface area contributed by atoms with E-state index in [-0.39, 0.29) is 5.91 Å². The van der Waals surface area contributed by atoms with E-state index < -0.39 is 0 Å². The maximum absolute atomic E-state index is 12.0. The largest absolute Gasteiger partial charge is 0.494 e. The van der Waals surface area contributed by atoms with Crippen molar-refractivity contribution in [1.82, 2.24) is 9.97 Å². The summed E-state index contributed by atoms with van der Waals surface area (Å²) in [6.45, 7) is 0.511. The summed E-state index contributed by atoms with van der Waals surface area (Å²) in [5.74, 6) is 0.766. The van der Waals surface area contributed by atoms with Gasteiger partial charge in [0.05, 0.1) is 12.3 Å². The van der Waals surface area contributed by atoms with Crippen LogP contribution in [-0.2, 0) is 4.79 Å². The highest BCUT2D eigenvalue weighted by Crippen LogP contribution is 2.24. The summed E-state index contributed by atoms with van der Waals surface area (Å²) in [7, 11) is 0. The van der Waals surface area contributed by atoms with Crippen molar-refractivity contribution in [3.05, 3.63) is 60.2 Å². The van der Waals surface area contributed by atoms with Crippen molar-refractivity contribution in [2.75, 3.05) is 11.9 Å². The zero-order chi connectivity index (χ0) is 16.6. The first kappa shape index (κ1) is 16.1. The third-order valence-electron chi connectivity index (χ3n) is 3.29. The van der Waals surface area contributed by atoms with Gasteiger partial charge >= 0.3 is 0 Å².